The second-order valence-electron chi connectivity index (χ2n) is 12.1. The van der Waals surface area contributed by atoms with Gasteiger partial charge in [-0.25, -0.2) is 4.98 Å². The van der Waals surface area contributed by atoms with Gasteiger partial charge < -0.3 is 4.57 Å². The molecule has 0 N–H and O–H groups in total. The monoisotopic (exact) mass is 551 g/mol. The maximum absolute atomic E-state index is 5.19. The van der Waals surface area contributed by atoms with Crippen LogP contribution in [-0.4, -0.2) is 9.55 Å². The van der Waals surface area contributed by atoms with Gasteiger partial charge in [0, 0.05) is 32.6 Å². The van der Waals surface area contributed by atoms with Crippen LogP contribution in [0.3, 0.4) is 0 Å². The highest BCUT2D eigenvalue weighted by molar-refractivity contribution is 6.13. The SMILES string of the molecule is CC1(C)c2ccccc2-n2c3ccc(N(c4ccc5ccccc5n4)c4cccc5ccccc45)cc3c3cccc1c32. The summed E-state index contributed by atoms with van der Waals surface area (Å²) in [6.45, 7) is 4.70. The van der Waals surface area contributed by atoms with Crippen molar-refractivity contribution in [3.05, 3.63) is 151 Å². The maximum Gasteiger partial charge on any atom is 0.138 e. The summed E-state index contributed by atoms with van der Waals surface area (Å²) in [4.78, 5) is 7.51. The van der Waals surface area contributed by atoms with E-state index in [-0.39, 0.29) is 5.41 Å². The fourth-order valence-electron chi connectivity index (χ4n) is 7.27. The van der Waals surface area contributed by atoms with E-state index in [1.165, 1.54) is 49.4 Å². The molecule has 1 aliphatic heterocycles. The lowest BCUT2D eigenvalue weighted by molar-refractivity contribution is 0.630. The van der Waals surface area contributed by atoms with E-state index in [2.05, 4.69) is 163 Å². The summed E-state index contributed by atoms with van der Waals surface area (Å²) < 4.78 is 2.47. The predicted octanol–water partition coefficient (Wildman–Crippen LogP) is 10.6. The van der Waals surface area contributed by atoms with Gasteiger partial charge in [-0.3, -0.25) is 4.90 Å². The molecule has 3 nitrogen and oxygen atoms in total. The first-order chi connectivity index (χ1) is 21.1. The minimum absolute atomic E-state index is 0.0900. The van der Waals surface area contributed by atoms with Crippen LogP contribution in [0, 0.1) is 0 Å². The van der Waals surface area contributed by atoms with Gasteiger partial charge in [0.1, 0.15) is 5.82 Å². The van der Waals surface area contributed by atoms with E-state index in [4.69, 9.17) is 4.98 Å². The van der Waals surface area contributed by atoms with Gasteiger partial charge in [-0.15, -0.1) is 0 Å². The maximum atomic E-state index is 5.19. The van der Waals surface area contributed by atoms with Crippen molar-refractivity contribution < 1.29 is 0 Å². The van der Waals surface area contributed by atoms with Gasteiger partial charge in [-0.05, 0) is 65.0 Å². The Morgan fingerprint density at radius 2 is 1.30 bits per heavy atom. The zero-order valence-corrected chi connectivity index (χ0v) is 24.1. The Kier molecular flexibility index (Phi) is 4.95. The molecular formula is C40H29N3. The van der Waals surface area contributed by atoms with Crippen molar-refractivity contribution in [2.24, 2.45) is 0 Å². The van der Waals surface area contributed by atoms with Crippen LogP contribution in [0.2, 0.25) is 0 Å². The summed E-state index contributed by atoms with van der Waals surface area (Å²) in [6, 6.07) is 50.3. The molecule has 0 saturated carbocycles. The Hall–Kier alpha value is -5.41. The molecule has 1 aliphatic rings. The molecule has 6 aromatic carbocycles. The van der Waals surface area contributed by atoms with Crippen LogP contribution in [0.25, 0.3) is 49.2 Å². The highest BCUT2D eigenvalue weighted by Crippen LogP contribution is 2.48. The summed E-state index contributed by atoms with van der Waals surface area (Å²) in [6.07, 6.45) is 0. The number of rotatable bonds is 3. The van der Waals surface area contributed by atoms with Gasteiger partial charge in [-0.1, -0.05) is 105 Å². The molecule has 0 bridgehead atoms. The summed E-state index contributed by atoms with van der Waals surface area (Å²) in [5.41, 5.74) is 9.60. The van der Waals surface area contributed by atoms with E-state index in [9.17, 15) is 0 Å². The van der Waals surface area contributed by atoms with Gasteiger partial charge in [0.25, 0.3) is 0 Å². The smallest absolute Gasteiger partial charge is 0.138 e. The molecular weight excluding hydrogens is 522 g/mol. The lowest BCUT2D eigenvalue weighted by Gasteiger charge is -2.34. The van der Waals surface area contributed by atoms with Crippen molar-refractivity contribution in [2.75, 3.05) is 4.90 Å². The Bertz CT molecular complexity index is 2390. The van der Waals surface area contributed by atoms with Gasteiger partial charge in [0.15, 0.2) is 0 Å². The fraction of sp³-hybridized carbons (Fsp3) is 0.0750. The van der Waals surface area contributed by atoms with Crippen molar-refractivity contribution in [1.82, 2.24) is 9.55 Å². The molecule has 3 heteroatoms. The zero-order chi connectivity index (χ0) is 28.7. The molecule has 0 radical (unpaired) electrons. The average molecular weight is 552 g/mol. The molecule has 0 unspecified atom stereocenters. The highest BCUT2D eigenvalue weighted by Gasteiger charge is 2.34. The van der Waals surface area contributed by atoms with E-state index in [1.54, 1.807) is 0 Å². The first kappa shape index (κ1) is 24.2. The minimum Gasteiger partial charge on any atom is -0.309 e. The van der Waals surface area contributed by atoms with Crippen molar-refractivity contribution in [3.8, 4) is 5.69 Å². The molecule has 2 aromatic heterocycles. The number of pyridine rings is 1. The molecule has 43 heavy (non-hydrogen) atoms. The van der Waals surface area contributed by atoms with Crippen LogP contribution < -0.4 is 4.90 Å². The molecule has 0 amide bonds. The molecule has 0 fully saturated rings. The van der Waals surface area contributed by atoms with Crippen LogP contribution in [0.1, 0.15) is 25.0 Å². The number of anilines is 3. The number of hydrogen-bond donors (Lipinski definition) is 0. The molecule has 0 atom stereocenters. The Morgan fingerprint density at radius 1 is 0.581 bits per heavy atom. The number of nitrogens with zero attached hydrogens (tertiary/aromatic N) is 3. The fourth-order valence-corrected chi connectivity index (χ4v) is 7.27. The quantitative estimate of drug-likeness (QED) is 0.218. The zero-order valence-electron chi connectivity index (χ0n) is 24.1. The number of benzene rings is 6. The molecule has 9 rings (SSSR count). The molecule has 3 heterocycles. The molecule has 0 saturated heterocycles. The van der Waals surface area contributed by atoms with Crippen LogP contribution in [0.5, 0.6) is 0 Å². The molecule has 0 aliphatic carbocycles. The topological polar surface area (TPSA) is 21.1 Å². The lowest BCUT2D eigenvalue weighted by atomic mass is 9.75. The third kappa shape index (κ3) is 3.39. The van der Waals surface area contributed by atoms with Gasteiger partial charge in [0.05, 0.1) is 27.9 Å². The summed E-state index contributed by atoms with van der Waals surface area (Å²) >= 11 is 0. The standard InChI is InChI=1S/C40H29N3/c1-40(2)32-16-6-8-19-37(32)43-36-23-22-28(25-31(36)30-15-10-17-33(40)39(30)43)42(35-20-9-13-26-11-3-5-14-29(26)35)38-24-21-27-12-4-7-18-34(27)41-38/h3-25H,1-2H3. The first-order valence-electron chi connectivity index (χ1n) is 14.9. The summed E-state index contributed by atoms with van der Waals surface area (Å²) in [5, 5.41) is 6.06. The average Bonchev–Trinajstić information content (AvgIpc) is 3.38. The number of fused-ring (bicyclic) bond motifs is 7. The normalized spacial score (nSPS) is 13.5. The second kappa shape index (κ2) is 8.80. The van der Waals surface area contributed by atoms with Gasteiger partial charge in [-0.2, -0.15) is 0 Å². The van der Waals surface area contributed by atoms with Crippen molar-refractivity contribution in [2.45, 2.75) is 19.3 Å². The largest absolute Gasteiger partial charge is 0.309 e. The molecule has 204 valence electrons. The molecule has 0 spiro atoms. The Morgan fingerprint density at radius 3 is 2.23 bits per heavy atom. The molecule has 8 aromatic rings. The third-order valence-corrected chi connectivity index (χ3v) is 9.34. The summed E-state index contributed by atoms with van der Waals surface area (Å²) in [7, 11) is 0. The van der Waals surface area contributed by atoms with Crippen LogP contribution in [-0.2, 0) is 5.41 Å². The van der Waals surface area contributed by atoms with Crippen LogP contribution >= 0.6 is 0 Å². The van der Waals surface area contributed by atoms with E-state index in [0.717, 1.165) is 28.1 Å². The Labute approximate surface area is 250 Å². The van der Waals surface area contributed by atoms with Crippen LogP contribution in [0.4, 0.5) is 17.2 Å². The number of aromatic nitrogens is 2. The summed E-state index contributed by atoms with van der Waals surface area (Å²) in [5.74, 6) is 0.898. The second-order valence-corrected chi connectivity index (χ2v) is 12.1. The van der Waals surface area contributed by atoms with E-state index in [1.807, 2.05) is 0 Å². The van der Waals surface area contributed by atoms with Crippen molar-refractivity contribution in [1.29, 1.82) is 0 Å². The van der Waals surface area contributed by atoms with E-state index >= 15 is 0 Å². The van der Waals surface area contributed by atoms with Crippen molar-refractivity contribution >= 4 is 60.7 Å². The number of para-hydroxylation sites is 3. The third-order valence-electron chi connectivity index (χ3n) is 9.34. The minimum atomic E-state index is -0.0900. The highest BCUT2D eigenvalue weighted by atomic mass is 15.2. The number of hydrogen-bond acceptors (Lipinski definition) is 2. The van der Waals surface area contributed by atoms with E-state index < -0.39 is 0 Å². The lowest BCUT2D eigenvalue weighted by Crippen LogP contribution is -2.26. The predicted molar refractivity (Wildman–Crippen MR) is 180 cm³/mol. The first-order valence-corrected chi connectivity index (χ1v) is 14.9. The van der Waals surface area contributed by atoms with Crippen molar-refractivity contribution in [3.63, 3.8) is 0 Å². The van der Waals surface area contributed by atoms with Gasteiger partial charge >= 0.3 is 0 Å². The van der Waals surface area contributed by atoms with E-state index in [0.29, 0.717) is 0 Å². The van der Waals surface area contributed by atoms with Crippen LogP contribution in [0.15, 0.2) is 140 Å². The Balaban J connectivity index is 1.36. The van der Waals surface area contributed by atoms with Gasteiger partial charge in [0.2, 0.25) is 0 Å².